The second kappa shape index (κ2) is 10.6. The van der Waals surface area contributed by atoms with Gasteiger partial charge in [-0.2, -0.15) is 5.10 Å². The number of esters is 1. The van der Waals surface area contributed by atoms with E-state index < -0.39 is 18.5 Å². The van der Waals surface area contributed by atoms with Crippen molar-refractivity contribution in [1.29, 1.82) is 0 Å². The van der Waals surface area contributed by atoms with Crippen molar-refractivity contribution in [1.82, 2.24) is 19.9 Å². The number of rotatable bonds is 8. The average Bonchev–Trinajstić information content (AvgIpc) is 3.34. The molecule has 0 saturated carbocycles. The number of benzene rings is 1. The van der Waals surface area contributed by atoms with E-state index in [2.05, 4.69) is 20.6 Å². The van der Waals surface area contributed by atoms with Crippen LogP contribution in [0.5, 0.6) is 0 Å². The molecule has 3 heterocycles. The predicted octanol–water partition coefficient (Wildman–Crippen LogP) is 4.58. The van der Waals surface area contributed by atoms with Gasteiger partial charge in [0.2, 0.25) is 0 Å². The first-order valence-corrected chi connectivity index (χ1v) is 11.9. The van der Waals surface area contributed by atoms with Gasteiger partial charge in [0.05, 0.1) is 34.0 Å². The lowest BCUT2D eigenvalue weighted by Gasteiger charge is -2.10. The zero-order valence-corrected chi connectivity index (χ0v) is 20.7. The summed E-state index contributed by atoms with van der Waals surface area (Å²) in [5, 5.41) is 11.8. The number of para-hydroxylation sites is 1. The lowest BCUT2D eigenvalue weighted by atomic mass is 10.2. The number of carbonyl (C=O) groups is 2. The lowest BCUT2D eigenvalue weighted by molar-refractivity contribution is -0.119. The van der Waals surface area contributed by atoms with Gasteiger partial charge in [-0.05, 0) is 52.0 Å². The number of aryl methyl sites for hydroxylation is 3. The fourth-order valence-corrected chi connectivity index (χ4v) is 4.67. The van der Waals surface area contributed by atoms with Crippen molar-refractivity contribution < 1.29 is 18.8 Å². The van der Waals surface area contributed by atoms with Crippen LogP contribution in [0.1, 0.15) is 38.8 Å². The van der Waals surface area contributed by atoms with Gasteiger partial charge in [0, 0.05) is 17.5 Å². The Kier molecular flexibility index (Phi) is 7.31. The Morgan fingerprint density at radius 2 is 1.83 bits per heavy atom. The highest BCUT2D eigenvalue weighted by molar-refractivity contribution is 7.98. The summed E-state index contributed by atoms with van der Waals surface area (Å²) >= 11 is 1.38. The summed E-state index contributed by atoms with van der Waals surface area (Å²) in [6.45, 7) is 6.96. The van der Waals surface area contributed by atoms with Crippen LogP contribution in [0.4, 0.5) is 5.69 Å². The molecule has 0 unspecified atom stereocenters. The minimum Gasteiger partial charge on any atom is -0.452 e. The van der Waals surface area contributed by atoms with Crippen LogP contribution in [-0.2, 0) is 15.3 Å². The van der Waals surface area contributed by atoms with E-state index in [0.29, 0.717) is 27.7 Å². The largest absolute Gasteiger partial charge is 0.452 e. The molecule has 0 aliphatic heterocycles. The molecular weight excluding hydrogens is 466 g/mol. The van der Waals surface area contributed by atoms with Gasteiger partial charge in [-0.25, -0.2) is 14.5 Å². The number of nitrogens with zero attached hydrogens (tertiary/aromatic N) is 4. The molecule has 10 heteroatoms. The number of carbonyl (C=O) groups excluding carboxylic acids is 2. The summed E-state index contributed by atoms with van der Waals surface area (Å²) in [4.78, 5) is 29.6. The molecule has 1 aromatic carbocycles. The van der Waals surface area contributed by atoms with E-state index >= 15 is 0 Å². The molecule has 0 saturated heterocycles. The Hall–Kier alpha value is -3.92. The van der Waals surface area contributed by atoms with Gasteiger partial charge < -0.3 is 14.6 Å². The third-order valence-electron chi connectivity index (χ3n) is 5.42. The van der Waals surface area contributed by atoms with E-state index in [-0.39, 0.29) is 0 Å². The highest BCUT2D eigenvalue weighted by atomic mass is 32.2. The van der Waals surface area contributed by atoms with Crippen LogP contribution in [0.3, 0.4) is 0 Å². The van der Waals surface area contributed by atoms with E-state index in [0.717, 1.165) is 28.4 Å². The number of hydrogen-bond donors (Lipinski definition) is 1. The van der Waals surface area contributed by atoms with Crippen molar-refractivity contribution in [3.8, 4) is 5.69 Å². The number of hydrogen-bond acceptors (Lipinski definition) is 8. The molecular formula is C25H25N5O4S. The Bertz CT molecular complexity index is 1340. The molecule has 0 aliphatic rings. The van der Waals surface area contributed by atoms with Crippen LogP contribution in [-0.4, -0.2) is 38.4 Å². The Balaban J connectivity index is 1.39. The predicted molar refractivity (Wildman–Crippen MR) is 132 cm³/mol. The molecule has 180 valence electrons. The molecule has 0 atom stereocenters. The SMILES string of the molecule is Cc1noc(C)c1CSc1ncccc1C(=O)OCC(=O)Nc1c(C)nn(-c2ccccc2)c1C. The maximum Gasteiger partial charge on any atom is 0.341 e. The van der Waals surface area contributed by atoms with Crippen LogP contribution in [0.25, 0.3) is 5.69 Å². The van der Waals surface area contributed by atoms with Gasteiger partial charge in [-0.15, -0.1) is 11.8 Å². The molecule has 0 bridgehead atoms. The molecule has 0 aliphatic carbocycles. The van der Waals surface area contributed by atoms with E-state index in [1.165, 1.54) is 11.8 Å². The molecule has 0 fully saturated rings. The van der Waals surface area contributed by atoms with E-state index in [1.807, 2.05) is 58.0 Å². The fourth-order valence-electron chi connectivity index (χ4n) is 3.54. The van der Waals surface area contributed by atoms with Gasteiger partial charge in [-0.1, -0.05) is 23.4 Å². The Labute approximate surface area is 206 Å². The molecule has 1 N–H and O–H groups in total. The smallest absolute Gasteiger partial charge is 0.341 e. The number of nitrogens with one attached hydrogen (secondary N) is 1. The number of amides is 1. The normalized spacial score (nSPS) is 10.9. The first-order chi connectivity index (χ1) is 16.8. The van der Waals surface area contributed by atoms with Gasteiger partial charge in [0.15, 0.2) is 6.61 Å². The summed E-state index contributed by atoms with van der Waals surface area (Å²) in [6.07, 6.45) is 1.61. The standard InChI is InChI=1S/C25H25N5O4S/c1-15-21(18(4)34-29-15)14-35-24-20(11-8-12-26-24)25(32)33-13-22(31)27-23-16(2)28-30(17(23)3)19-9-6-5-7-10-19/h5-12H,13-14H2,1-4H3,(H,27,31). The van der Waals surface area contributed by atoms with Crippen LogP contribution in [0.2, 0.25) is 0 Å². The number of pyridine rings is 1. The summed E-state index contributed by atoms with van der Waals surface area (Å²) in [5.74, 6) is 0.199. The van der Waals surface area contributed by atoms with E-state index in [9.17, 15) is 9.59 Å². The second-order valence-corrected chi connectivity index (χ2v) is 8.83. The molecule has 35 heavy (non-hydrogen) atoms. The van der Waals surface area contributed by atoms with Gasteiger partial charge in [-0.3, -0.25) is 4.79 Å². The molecule has 0 spiro atoms. The highest BCUT2D eigenvalue weighted by Gasteiger charge is 2.19. The highest BCUT2D eigenvalue weighted by Crippen LogP contribution is 2.28. The maximum atomic E-state index is 12.7. The van der Waals surface area contributed by atoms with Crippen molar-refractivity contribution >= 4 is 29.3 Å². The van der Waals surface area contributed by atoms with Crippen molar-refractivity contribution in [3.63, 3.8) is 0 Å². The topological polar surface area (TPSA) is 112 Å². The first kappa shape index (κ1) is 24.2. The van der Waals surface area contributed by atoms with Crippen LogP contribution in [0, 0.1) is 27.7 Å². The molecule has 4 rings (SSSR count). The molecule has 9 nitrogen and oxygen atoms in total. The fraction of sp³-hybridized carbons (Fsp3) is 0.240. The van der Waals surface area contributed by atoms with Crippen molar-refractivity contribution in [2.24, 2.45) is 0 Å². The van der Waals surface area contributed by atoms with Gasteiger partial charge in [0.1, 0.15) is 10.8 Å². The van der Waals surface area contributed by atoms with Crippen LogP contribution < -0.4 is 5.32 Å². The zero-order chi connectivity index (χ0) is 24.9. The molecule has 4 aromatic rings. The summed E-state index contributed by atoms with van der Waals surface area (Å²) in [7, 11) is 0. The van der Waals surface area contributed by atoms with Crippen molar-refractivity contribution in [3.05, 3.63) is 82.6 Å². The van der Waals surface area contributed by atoms with Crippen LogP contribution >= 0.6 is 11.8 Å². The number of aromatic nitrogens is 4. The van der Waals surface area contributed by atoms with Crippen molar-refractivity contribution in [2.45, 2.75) is 38.5 Å². The average molecular weight is 492 g/mol. The number of anilines is 1. The Morgan fingerprint density at radius 3 is 2.54 bits per heavy atom. The number of thioether (sulfide) groups is 1. The van der Waals surface area contributed by atoms with Crippen LogP contribution in [0.15, 0.2) is 58.2 Å². The van der Waals surface area contributed by atoms with E-state index in [1.54, 1.807) is 23.0 Å². The molecule has 1 amide bonds. The molecule has 3 aromatic heterocycles. The summed E-state index contributed by atoms with van der Waals surface area (Å²) in [5.41, 5.74) is 4.97. The molecule has 0 radical (unpaired) electrons. The minimum atomic E-state index is -0.622. The first-order valence-electron chi connectivity index (χ1n) is 10.9. The van der Waals surface area contributed by atoms with Crippen molar-refractivity contribution in [2.75, 3.05) is 11.9 Å². The lowest BCUT2D eigenvalue weighted by Crippen LogP contribution is -2.22. The quantitative estimate of drug-likeness (QED) is 0.282. The van der Waals surface area contributed by atoms with Gasteiger partial charge >= 0.3 is 5.97 Å². The Morgan fingerprint density at radius 1 is 1.06 bits per heavy atom. The third kappa shape index (κ3) is 5.43. The summed E-state index contributed by atoms with van der Waals surface area (Å²) in [6, 6.07) is 12.9. The second-order valence-electron chi connectivity index (χ2n) is 7.86. The third-order valence-corrected chi connectivity index (χ3v) is 6.45. The minimum absolute atomic E-state index is 0.293. The zero-order valence-electron chi connectivity index (χ0n) is 19.9. The maximum absolute atomic E-state index is 12.7. The van der Waals surface area contributed by atoms with E-state index in [4.69, 9.17) is 9.26 Å². The monoisotopic (exact) mass is 491 g/mol. The summed E-state index contributed by atoms with van der Waals surface area (Å²) < 4.78 is 12.2. The van der Waals surface area contributed by atoms with Gasteiger partial charge in [0.25, 0.3) is 5.91 Å². The number of ether oxygens (including phenoxy) is 1.